The Morgan fingerprint density at radius 1 is 1.00 bits per heavy atom. The molecule has 1 heterocycles. The van der Waals surface area contributed by atoms with Gasteiger partial charge >= 0.3 is 30.0 Å². The molecule has 1 saturated heterocycles. The third-order valence-electron chi connectivity index (χ3n) is 6.52. The number of esters is 4. The second kappa shape index (κ2) is 19.0. The first-order valence-corrected chi connectivity index (χ1v) is 15.7. The Morgan fingerprint density at radius 2 is 1.61 bits per heavy atom. The molecule has 1 aliphatic rings. The molecule has 8 atom stereocenters. The molecule has 0 unspecified atom stereocenters. The lowest BCUT2D eigenvalue weighted by atomic mass is 9.98. The molecule has 0 bridgehead atoms. The number of azide groups is 1. The topological polar surface area (TPSA) is 231 Å². The van der Waals surface area contributed by atoms with E-state index in [-0.39, 0.29) is 24.7 Å². The number of rotatable bonds is 15. The van der Waals surface area contributed by atoms with Crippen molar-refractivity contribution in [2.45, 2.75) is 116 Å². The molecular formula is C28H45N5O12S. The average molecular weight is 676 g/mol. The highest BCUT2D eigenvalue weighted by atomic mass is 32.2. The first kappa shape index (κ1) is 40.3. The van der Waals surface area contributed by atoms with Crippen molar-refractivity contribution in [3.8, 4) is 0 Å². The van der Waals surface area contributed by atoms with Crippen LogP contribution in [0.25, 0.3) is 10.4 Å². The maximum atomic E-state index is 13.4. The van der Waals surface area contributed by atoms with Crippen LogP contribution >= 0.6 is 11.8 Å². The third-order valence-corrected chi connectivity index (χ3v) is 7.71. The zero-order valence-corrected chi connectivity index (χ0v) is 28.4. The van der Waals surface area contributed by atoms with E-state index >= 15 is 0 Å². The smallest absolute Gasteiger partial charge is 0.408 e. The predicted molar refractivity (Wildman–Crippen MR) is 163 cm³/mol. The summed E-state index contributed by atoms with van der Waals surface area (Å²) in [5.74, 6) is -3.72. The van der Waals surface area contributed by atoms with Gasteiger partial charge in [-0.3, -0.25) is 19.2 Å². The van der Waals surface area contributed by atoms with Gasteiger partial charge in [-0.1, -0.05) is 25.4 Å². The number of ether oxygens (including phenoxy) is 6. The van der Waals surface area contributed by atoms with E-state index < -0.39 is 83.4 Å². The molecule has 0 aliphatic carbocycles. The maximum absolute atomic E-state index is 13.4. The Labute approximate surface area is 272 Å². The van der Waals surface area contributed by atoms with Gasteiger partial charge in [-0.15, -0.1) is 11.8 Å². The molecule has 18 heteroatoms. The first-order chi connectivity index (χ1) is 21.4. The van der Waals surface area contributed by atoms with Gasteiger partial charge in [0.1, 0.15) is 41.9 Å². The Balaban J connectivity index is 3.34. The standard InChI is InChI=1S/C28H45N5O12S/c1-10-14(2)20(25(38)40-9)31-24(37)18(30-27(39)45-28(6,7)8)11-12-46-26-21(32-33-29)23(43-17(5)36)22(42-16(4)35)19(44-26)13-41-15(3)34/h14,18-23,26H,10-13H2,1-9H3,(H,30,39)(H,31,37)/t14-,18-,19+,20-,21+,22+,23+,26-/m0/s1. The van der Waals surface area contributed by atoms with E-state index in [1.54, 1.807) is 27.7 Å². The normalized spacial score (nSPS) is 22.8. The molecule has 260 valence electrons. The Bertz CT molecular complexity index is 1140. The molecule has 2 amide bonds. The van der Waals surface area contributed by atoms with E-state index in [1.807, 2.05) is 6.92 Å². The largest absolute Gasteiger partial charge is 0.467 e. The van der Waals surface area contributed by atoms with Crippen molar-refractivity contribution in [1.29, 1.82) is 0 Å². The van der Waals surface area contributed by atoms with Gasteiger partial charge in [0.25, 0.3) is 0 Å². The summed E-state index contributed by atoms with van der Waals surface area (Å²) in [6, 6.07) is -3.41. The molecule has 46 heavy (non-hydrogen) atoms. The molecule has 1 aliphatic heterocycles. The van der Waals surface area contributed by atoms with Gasteiger partial charge < -0.3 is 39.1 Å². The SMILES string of the molecule is CC[C@H](C)[C@H](NC(=O)[C@H](CCS[C@@H]1O[C@H](COC(C)=O)[C@@H](OC(C)=O)[C@H](OC(C)=O)[C@H]1N=[N+]=[N-])NC(=O)OC(C)(C)C)C(=O)OC. The number of hydrogen-bond donors (Lipinski definition) is 2. The summed E-state index contributed by atoms with van der Waals surface area (Å²) in [6.07, 6.45) is -4.11. The first-order valence-electron chi connectivity index (χ1n) is 14.6. The van der Waals surface area contributed by atoms with E-state index in [9.17, 15) is 34.3 Å². The van der Waals surface area contributed by atoms with Crippen LogP contribution in [-0.4, -0.2) is 103 Å². The minimum atomic E-state index is -1.32. The fourth-order valence-corrected chi connectivity index (χ4v) is 5.51. The van der Waals surface area contributed by atoms with Gasteiger partial charge in [-0.05, 0) is 44.4 Å². The third kappa shape index (κ3) is 13.7. The van der Waals surface area contributed by atoms with Crippen molar-refractivity contribution >= 4 is 47.6 Å². The molecule has 2 N–H and O–H groups in total. The number of alkyl carbamates (subject to hydrolysis) is 1. The van der Waals surface area contributed by atoms with Crippen molar-refractivity contribution in [2.75, 3.05) is 19.5 Å². The molecule has 0 aromatic rings. The van der Waals surface area contributed by atoms with Crippen LogP contribution in [0.3, 0.4) is 0 Å². The number of hydrogen-bond acceptors (Lipinski definition) is 14. The second-order valence-electron chi connectivity index (χ2n) is 11.4. The van der Waals surface area contributed by atoms with Crippen LogP contribution in [0, 0.1) is 5.92 Å². The van der Waals surface area contributed by atoms with Gasteiger partial charge in [0.15, 0.2) is 12.2 Å². The molecular weight excluding hydrogens is 630 g/mol. The fraction of sp³-hybridized carbons (Fsp3) is 0.786. The van der Waals surface area contributed by atoms with Gasteiger partial charge in [0.05, 0.1) is 7.11 Å². The minimum absolute atomic E-state index is 0.0345. The lowest BCUT2D eigenvalue weighted by Gasteiger charge is -2.43. The number of amides is 2. The highest BCUT2D eigenvalue weighted by molar-refractivity contribution is 7.99. The molecule has 0 spiro atoms. The maximum Gasteiger partial charge on any atom is 0.408 e. The monoisotopic (exact) mass is 675 g/mol. The lowest BCUT2D eigenvalue weighted by Crippen LogP contribution is -2.60. The number of carbonyl (C=O) groups is 6. The summed E-state index contributed by atoms with van der Waals surface area (Å²) < 4.78 is 32.1. The molecule has 0 aromatic heterocycles. The van der Waals surface area contributed by atoms with Crippen LogP contribution < -0.4 is 10.6 Å². The van der Waals surface area contributed by atoms with E-state index in [1.165, 1.54) is 7.11 Å². The molecule has 17 nitrogen and oxygen atoms in total. The molecule has 0 aromatic carbocycles. The summed E-state index contributed by atoms with van der Waals surface area (Å²) in [5.41, 5.74) is 7.39. The number of carbonyl (C=O) groups excluding carboxylic acids is 6. The summed E-state index contributed by atoms with van der Waals surface area (Å²) in [5, 5.41) is 8.92. The van der Waals surface area contributed by atoms with Crippen LogP contribution in [0.1, 0.15) is 68.2 Å². The highest BCUT2D eigenvalue weighted by Crippen LogP contribution is 2.35. The van der Waals surface area contributed by atoms with Crippen molar-refractivity contribution in [1.82, 2.24) is 10.6 Å². The highest BCUT2D eigenvalue weighted by Gasteiger charge is 2.50. The lowest BCUT2D eigenvalue weighted by molar-refractivity contribution is -0.208. The molecule has 0 saturated carbocycles. The van der Waals surface area contributed by atoms with Crippen molar-refractivity contribution < 1.29 is 57.2 Å². The van der Waals surface area contributed by atoms with Gasteiger partial charge in [-0.25, -0.2) is 9.59 Å². The van der Waals surface area contributed by atoms with E-state index in [4.69, 9.17) is 28.4 Å². The quantitative estimate of drug-likeness (QED) is 0.0836. The number of methoxy groups -OCH3 is 1. The van der Waals surface area contributed by atoms with Gasteiger partial charge in [0, 0.05) is 25.7 Å². The Kier molecular flexibility index (Phi) is 16.7. The van der Waals surface area contributed by atoms with E-state index in [0.29, 0.717) is 6.42 Å². The van der Waals surface area contributed by atoms with Crippen molar-refractivity contribution in [3.05, 3.63) is 10.4 Å². The minimum Gasteiger partial charge on any atom is -0.467 e. The van der Waals surface area contributed by atoms with Gasteiger partial charge in [0.2, 0.25) is 5.91 Å². The summed E-state index contributed by atoms with van der Waals surface area (Å²) in [4.78, 5) is 76.8. The summed E-state index contributed by atoms with van der Waals surface area (Å²) >= 11 is 1.04. The number of thioether (sulfide) groups is 1. The summed E-state index contributed by atoms with van der Waals surface area (Å²) in [7, 11) is 1.20. The number of nitrogens with one attached hydrogen (secondary N) is 2. The Morgan fingerprint density at radius 3 is 2.11 bits per heavy atom. The summed E-state index contributed by atoms with van der Waals surface area (Å²) in [6.45, 7) is 11.6. The fourth-order valence-electron chi connectivity index (χ4n) is 4.28. The zero-order chi connectivity index (χ0) is 35.2. The molecule has 1 rings (SSSR count). The predicted octanol–water partition coefficient (Wildman–Crippen LogP) is 2.54. The Hall–Kier alpha value is -3.76. The van der Waals surface area contributed by atoms with E-state index in [2.05, 4.69) is 20.7 Å². The number of nitrogens with zero attached hydrogens (tertiary/aromatic N) is 3. The van der Waals surface area contributed by atoms with E-state index in [0.717, 1.165) is 32.5 Å². The average Bonchev–Trinajstić information content (AvgIpc) is 2.94. The zero-order valence-electron chi connectivity index (χ0n) is 27.6. The van der Waals surface area contributed by atoms with Crippen LogP contribution in [-0.2, 0) is 52.4 Å². The van der Waals surface area contributed by atoms with Crippen LogP contribution in [0.15, 0.2) is 5.11 Å². The van der Waals surface area contributed by atoms with Crippen LogP contribution in [0.2, 0.25) is 0 Å². The second-order valence-corrected chi connectivity index (χ2v) is 12.6. The van der Waals surface area contributed by atoms with Crippen molar-refractivity contribution in [2.24, 2.45) is 11.0 Å². The van der Waals surface area contributed by atoms with Crippen LogP contribution in [0.5, 0.6) is 0 Å². The molecule has 0 radical (unpaired) electrons. The van der Waals surface area contributed by atoms with Crippen LogP contribution in [0.4, 0.5) is 4.79 Å². The van der Waals surface area contributed by atoms with Gasteiger partial charge in [-0.2, -0.15) is 0 Å². The van der Waals surface area contributed by atoms with Crippen molar-refractivity contribution in [3.63, 3.8) is 0 Å². The molecule has 1 fully saturated rings.